The zero-order valence-electron chi connectivity index (χ0n) is 5.72. The van der Waals surface area contributed by atoms with Crippen molar-refractivity contribution in [2.75, 3.05) is 6.61 Å². The van der Waals surface area contributed by atoms with Crippen molar-refractivity contribution in [2.45, 2.75) is 13.3 Å². The minimum atomic E-state index is 0.235. The van der Waals surface area contributed by atoms with E-state index in [0.29, 0.717) is 0 Å². The number of halogens is 1. The zero-order valence-corrected chi connectivity index (χ0v) is 8.13. The quantitative estimate of drug-likeness (QED) is 0.812. The largest absolute Gasteiger partial charge is 0.396 e. The first-order chi connectivity index (χ1) is 4.75. The van der Waals surface area contributed by atoms with Gasteiger partial charge in [0, 0.05) is 22.4 Å². The van der Waals surface area contributed by atoms with Crippen LogP contribution in [0.2, 0.25) is 0 Å². The standard InChI is InChI=1S/C7H9BrOS/c1-5-4-10-6(2-3-9)7(5)8/h4,9H,2-3H2,1H3. The van der Waals surface area contributed by atoms with Gasteiger partial charge in [0.15, 0.2) is 0 Å². The second-order valence-corrected chi connectivity index (χ2v) is 3.89. The molecule has 0 aliphatic carbocycles. The molecule has 0 fully saturated rings. The molecular weight excluding hydrogens is 212 g/mol. The van der Waals surface area contributed by atoms with E-state index in [1.54, 1.807) is 11.3 Å². The average Bonchev–Trinajstić information content (AvgIpc) is 2.20. The number of aryl methyl sites for hydroxylation is 1. The molecule has 3 heteroatoms. The molecule has 0 bridgehead atoms. The van der Waals surface area contributed by atoms with Crippen LogP contribution in [0.15, 0.2) is 9.85 Å². The van der Waals surface area contributed by atoms with Crippen molar-refractivity contribution in [1.29, 1.82) is 0 Å². The number of thiophene rings is 1. The van der Waals surface area contributed by atoms with E-state index in [9.17, 15) is 0 Å². The molecule has 56 valence electrons. The Morgan fingerprint density at radius 2 is 2.40 bits per heavy atom. The van der Waals surface area contributed by atoms with Crippen LogP contribution in [0.3, 0.4) is 0 Å². The van der Waals surface area contributed by atoms with Gasteiger partial charge in [-0.15, -0.1) is 11.3 Å². The van der Waals surface area contributed by atoms with E-state index in [1.165, 1.54) is 10.4 Å². The SMILES string of the molecule is Cc1csc(CCO)c1Br. The van der Waals surface area contributed by atoms with Gasteiger partial charge in [0.1, 0.15) is 0 Å². The van der Waals surface area contributed by atoms with Crippen LogP contribution < -0.4 is 0 Å². The highest BCUT2D eigenvalue weighted by Crippen LogP contribution is 2.27. The van der Waals surface area contributed by atoms with Crippen LogP contribution >= 0.6 is 27.3 Å². The molecule has 0 aromatic carbocycles. The van der Waals surface area contributed by atoms with Crippen LogP contribution in [0.1, 0.15) is 10.4 Å². The Balaban J connectivity index is 2.83. The molecule has 1 N–H and O–H groups in total. The first-order valence-corrected chi connectivity index (χ1v) is 4.76. The molecule has 1 aromatic heterocycles. The van der Waals surface area contributed by atoms with Gasteiger partial charge in [-0.3, -0.25) is 0 Å². The minimum Gasteiger partial charge on any atom is -0.396 e. The van der Waals surface area contributed by atoms with Crippen molar-refractivity contribution in [3.8, 4) is 0 Å². The van der Waals surface area contributed by atoms with E-state index >= 15 is 0 Å². The summed E-state index contributed by atoms with van der Waals surface area (Å²) >= 11 is 5.14. The normalized spacial score (nSPS) is 10.3. The van der Waals surface area contributed by atoms with Crippen molar-refractivity contribution >= 4 is 27.3 Å². The summed E-state index contributed by atoms with van der Waals surface area (Å²) in [5, 5.41) is 10.7. The summed E-state index contributed by atoms with van der Waals surface area (Å²) in [6.45, 7) is 2.29. The maximum absolute atomic E-state index is 8.64. The molecular formula is C7H9BrOS. The second kappa shape index (κ2) is 3.51. The van der Waals surface area contributed by atoms with Gasteiger partial charge in [-0.1, -0.05) is 0 Å². The fraction of sp³-hybridized carbons (Fsp3) is 0.429. The maximum Gasteiger partial charge on any atom is 0.0479 e. The fourth-order valence-electron chi connectivity index (χ4n) is 0.753. The molecule has 0 saturated heterocycles. The Morgan fingerprint density at radius 1 is 1.70 bits per heavy atom. The molecule has 0 aliphatic rings. The number of hydrogen-bond acceptors (Lipinski definition) is 2. The molecule has 1 aromatic rings. The summed E-state index contributed by atoms with van der Waals surface area (Å²) in [4.78, 5) is 1.24. The number of hydrogen-bond donors (Lipinski definition) is 1. The van der Waals surface area contributed by atoms with Crippen LogP contribution in [0, 0.1) is 6.92 Å². The van der Waals surface area contributed by atoms with Crippen molar-refractivity contribution in [3.63, 3.8) is 0 Å². The molecule has 1 heterocycles. The van der Waals surface area contributed by atoms with Gasteiger partial charge in [-0.2, -0.15) is 0 Å². The first kappa shape index (κ1) is 8.24. The Morgan fingerprint density at radius 3 is 2.80 bits per heavy atom. The van der Waals surface area contributed by atoms with Gasteiger partial charge in [0.25, 0.3) is 0 Å². The smallest absolute Gasteiger partial charge is 0.0479 e. The number of aliphatic hydroxyl groups is 1. The highest BCUT2D eigenvalue weighted by molar-refractivity contribution is 9.10. The average molecular weight is 221 g/mol. The van der Waals surface area contributed by atoms with E-state index in [4.69, 9.17) is 5.11 Å². The first-order valence-electron chi connectivity index (χ1n) is 3.09. The summed E-state index contributed by atoms with van der Waals surface area (Å²) in [7, 11) is 0. The van der Waals surface area contributed by atoms with Gasteiger partial charge in [0.05, 0.1) is 0 Å². The Kier molecular flexibility index (Phi) is 2.89. The third kappa shape index (κ3) is 1.59. The third-order valence-corrected chi connectivity index (χ3v) is 3.84. The Bertz CT molecular complexity index is 219. The van der Waals surface area contributed by atoms with Gasteiger partial charge >= 0.3 is 0 Å². The molecule has 0 spiro atoms. The molecule has 0 saturated carbocycles. The Hall–Kier alpha value is 0.140. The predicted molar refractivity (Wildman–Crippen MR) is 47.5 cm³/mol. The highest BCUT2D eigenvalue weighted by atomic mass is 79.9. The molecule has 0 amide bonds. The van der Waals surface area contributed by atoms with E-state index in [-0.39, 0.29) is 6.61 Å². The lowest BCUT2D eigenvalue weighted by atomic mass is 10.3. The van der Waals surface area contributed by atoms with Gasteiger partial charge in [-0.25, -0.2) is 0 Å². The lowest BCUT2D eigenvalue weighted by Gasteiger charge is -1.92. The predicted octanol–water partition coefficient (Wildman–Crippen LogP) is 2.35. The van der Waals surface area contributed by atoms with Crippen LogP contribution in [0.4, 0.5) is 0 Å². The van der Waals surface area contributed by atoms with Gasteiger partial charge in [0.2, 0.25) is 0 Å². The van der Waals surface area contributed by atoms with E-state index in [0.717, 1.165) is 10.9 Å². The van der Waals surface area contributed by atoms with Crippen molar-refractivity contribution < 1.29 is 5.11 Å². The van der Waals surface area contributed by atoms with E-state index in [2.05, 4.69) is 28.2 Å². The minimum absolute atomic E-state index is 0.235. The summed E-state index contributed by atoms with van der Waals surface area (Å²) in [5.41, 5.74) is 1.26. The molecule has 0 aliphatic heterocycles. The molecule has 0 radical (unpaired) electrons. The fourth-order valence-corrected chi connectivity index (χ4v) is 2.41. The molecule has 10 heavy (non-hydrogen) atoms. The Labute approximate surface area is 72.8 Å². The van der Waals surface area contributed by atoms with Crippen molar-refractivity contribution in [3.05, 3.63) is 20.3 Å². The van der Waals surface area contributed by atoms with Crippen LogP contribution in [-0.4, -0.2) is 11.7 Å². The maximum atomic E-state index is 8.64. The molecule has 0 atom stereocenters. The summed E-state index contributed by atoms with van der Waals surface area (Å²) in [6, 6.07) is 0. The summed E-state index contributed by atoms with van der Waals surface area (Å²) in [6.07, 6.45) is 0.763. The summed E-state index contributed by atoms with van der Waals surface area (Å²) < 4.78 is 1.16. The van der Waals surface area contributed by atoms with Crippen LogP contribution in [0.5, 0.6) is 0 Å². The highest BCUT2D eigenvalue weighted by Gasteiger charge is 2.03. The van der Waals surface area contributed by atoms with Crippen LogP contribution in [0.25, 0.3) is 0 Å². The topological polar surface area (TPSA) is 20.2 Å². The zero-order chi connectivity index (χ0) is 7.56. The third-order valence-electron chi connectivity index (χ3n) is 1.31. The monoisotopic (exact) mass is 220 g/mol. The summed E-state index contributed by atoms with van der Waals surface area (Å²) in [5.74, 6) is 0. The lowest BCUT2D eigenvalue weighted by Crippen LogP contribution is -1.86. The molecule has 0 unspecified atom stereocenters. The number of rotatable bonds is 2. The lowest BCUT2D eigenvalue weighted by molar-refractivity contribution is 0.300. The van der Waals surface area contributed by atoms with Gasteiger partial charge < -0.3 is 5.11 Å². The second-order valence-electron chi connectivity index (χ2n) is 2.13. The van der Waals surface area contributed by atoms with Gasteiger partial charge in [-0.05, 0) is 33.8 Å². The van der Waals surface area contributed by atoms with Crippen molar-refractivity contribution in [2.24, 2.45) is 0 Å². The van der Waals surface area contributed by atoms with E-state index < -0.39 is 0 Å². The van der Waals surface area contributed by atoms with Crippen molar-refractivity contribution in [1.82, 2.24) is 0 Å². The van der Waals surface area contributed by atoms with E-state index in [1.807, 2.05) is 0 Å². The molecule has 1 rings (SSSR count). The number of aliphatic hydroxyl groups excluding tert-OH is 1. The van der Waals surface area contributed by atoms with Crippen LogP contribution in [-0.2, 0) is 6.42 Å². The molecule has 1 nitrogen and oxygen atoms in total.